The molecular weight excluding hydrogens is 306 g/mol. The minimum atomic E-state index is 0.170. The van der Waals surface area contributed by atoms with Gasteiger partial charge in [0.05, 0.1) is 26.9 Å². The van der Waals surface area contributed by atoms with Crippen LogP contribution in [0.4, 0.5) is 0 Å². The van der Waals surface area contributed by atoms with Gasteiger partial charge in [0.15, 0.2) is 0 Å². The molecule has 0 aliphatic carbocycles. The molecule has 1 aromatic heterocycles. The Kier molecular flexibility index (Phi) is 5.85. The zero-order valence-corrected chi connectivity index (χ0v) is 14.1. The molecule has 3 rings (SSSR count). The van der Waals surface area contributed by atoms with Gasteiger partial charge in [-0.3, -0.25) is 9.58 Å². The summed E-state index contributed by atoms with van der Waals surface area (Å²) in [6, 6.07) is 8.22. The molecule has 1 N–H and O–H groups in total. The van der Waals surface area contributed by atoms with E-state index in [1.165, 1.54) is 5.56 Å². The minimum absolute atomic E-state index is 0.170. The predicted octanol–water partition coefficient (Wildman–Crippen LogP) is 1.38. The van der Waals surface area contributed by atoms with E-state index in [1.807, 2.05) is 23.0 Å². The van der Waals surface area contributed by atoms with Crippen LogP contribution in [0.3, 0.4) is 0 Å². The standard InChI is InChI=1S/C18H25N3O3/c1-23-18-4-3-15(9-17(18)12-21-6-2-5-19-21)10-20-7-8-24-14-16(11-20)13-22/h2-6,9,16,22H,7-8,10-14H2,1H3. The van der Waals surface area contributed by atoms with Gasteiger partial charge < -0.3 is 14.6 Å². The molecule has 0 amide bonds. The van der Waals surface area contributed by atoms with Gasteiger partial charge in [-0.25, -0.2) is 0 Å². The van der Waals surface area contributed by atoms with Crippen molar-refractivity contribution in [2.24, 2.45) is 5.92 Å². The Balaban J connectivity index is 1.73. The number of rotatable bonds is 6. The zero-order valence-electron chi connectivity index (χ0n) is 14.1. The van der Waals surface area contributed by atoms with Crippen LogP contribution in [0, 0.1) is 5.92 Å². The Labute approximate surface area is 142 Å². The summed E-state index contributed by atoms with van der Waals surface area (Å²) in [7, 11) is 1.69. The molecule has 6 nitrogen and oxygen atoms in total. The summed E-state index contributed by atoms with van der Waals surface area (Å²) in [4.78, 5) is 2.34. The summed E-state index contributed by atoms with van der Waals surface area (Å²) in [6.45, 7) is 4.80. The molecule has 1 fully saturated rings. The lowest BCUT2D eigenvalue weighted by molar-refractivity contribution is 0.0958. The number of hydrogen-bond donors (Lipinski definition) is 1. The fourth-order valence-electron chi connectivity index (χ4n) is 3.09. The largest absolute Gasteiger partial charge is 0.496 e. The van der Waals surface area contributed by atoms with Crippen LogP contribution < -0.4 is 4.74 Å². The molecule has 1 aliphatic heterocycles. The second-order valence-corrected chi connectivity index (χ2v) is 6.21. The summed E-state index contributed by atoms with van der Waals surface area (Å²) in [5.74, 6) is 1.07. The van der Waals surface area contributed by atoms with Crippen LogP contribution in [-0.2, 0) is 17.8 Å². The zero-order chi connectivity index (χ0) is 16.8. The van der Waals surface area contributed by atoms with Gasteiger partial charge >= 0.3 is 0 Å². The first-order valence-corrected chi connectivity index (χ1v) is 8.32. The molecule has 1 aliphatic rings. The first-order valence-electron chi connectivity index (χ1n) is 8.32. The van der Waals surface area contributed by atoms with Crippen molar-refractivity contribution in [2.45, 2.75) is 13.1 Å². The van der Waals surface area contributed by atoms with Crippen molar-refractivity contribution in [1.29, 1.82) is 0 Å². The summed E-state index contributed by atoms with van der Waals surface area (Å²) in [5.41, 5.74) is 2.35. The minimum Gasteiger partial charge on any atom is -0.496 e. The topological polar surface area (TPSA) is 59.8 Å². The number of nitrogens with zero attached hydrogens (tertiary/aromatic N) is 3. The first-order chi connectivity index (χ1) is 11.8. The van der Waals surface area contributed by atoms with Gasteiger partial charge in [-0.05, 0) is 23.8 Å². The van der Waals surface area contributed by atoms with Crippen molar-refractivity contribution < 1.29 is 14.6 Å². The summed E-state index contributed by atoms with van der Waals surface area (Å²) in [5, 5.41) is 13.7. The molecule has 24 heavy (non-hydrogen) atoms. The Morgan fingerprint density at radius 3 is 3.04 bits per heavy atom. The molecule has 1 unspecified atom stereocenters. The van der Waals surface area contributed by atoms with Crippen molar-refractivity contribution in [2.75, 3.05) is 40.0 Å². The number of benzene rings is 1. The average Bonchev–Trinajstić information content (AvgIpc) is 3.00. The molecule has 1 aromatic carbocycles. The van der Waals surface area contributed by atoms with Crippen LogP contribution in [0.5, 0.6) is 5.75 Å². The average molecular weight is 331 g/mol. The Bertz CT molecular complexity index is 630. The van der Waals surface area contributed by atoms with E-state index in [1.54, 1.807) is 13.3 Å². The number of aromatic nitrogens is 2. The van der Waals surface area contributed by atoms with E-state index in [0.717, 1.165) is 30.9 Å². The first kappa shape index (κ1) is 17.0. The van der Waals surface area contributed by atoms with Crippen molar-refractivity contribution >= 4 is 0 Å². The fraction of sp³-hybridized carbons (Fsp3) is 0.500. The second kappa shape index (κ2) is 8.28. The van der Waals surface area contributed by atoms with E-state index in [2.05, 4.69) is 22.1 Å². The van der Waals surface area contributed by atoms with E-state index < -0.39 is 0 Å². The number of hydrogen-bond acceptors (Lipinski definition) is 5. The van der Waals surface area contributed by atoms with Crippen LogP contribution in [0.25, 0.3) is 0 Å². The molecule has 1 atom stereocenters. The number of aliphatic hydroxyl groups is 1. The predicted molar refractivity (Wildman–Crippen MR) is 91.0 cm³/mol. The molecule has 6 heteroatoms. The molecule has 2 heterocycles. The highest BCUT2D eigenvalue weighted by Crippen LogP contribution is 2.22. The number of aliphatic hydroxyl groups excluding tert-OH is 1. The van der Waals surface area contributed by atoms with Crippen LogP contribution in [0.1, 0.15) is 11.1 Å². The van der Waals surface area contributed by atoms with E-state index in [9.17, 15) is 5.11 Å². The van der Waals surface area contributed by atoms with E-state index in [0.29, 0.717) is 19.8 Å². The molecule has 2 aromatic rings. The highest BCUT2D eigenvalue weighted by molar-refractivity contribution is 5.37. The molecule has 0 radical (unpaired) electrons. The number of ether oxygens (including phenoxy) is 2. The van der Waals surface area contributed by atoms with Crippen molar-refractivity contribution in [3.63, 3.8) is 0 Å². The third-order valence-electron chi connectivity index (χ3n) is 4.32. The Morgan fingerprint density at radius 2 is 2.29 bits per heavy atom. The van der Waals surface area contributed by atoms with E-state index in [4.69, 9.17) is 9.47 Å². The maximum Gasteiger partial charge on any atom is 0.123 e. The fourth-order valence-corrected chi connectivity index (χ4v) is 3.09. The van der Waals surface area contributed by atoms with Gasteiger partial charge in [0.2, 0.25) is 0 Å². The molecule has 0 bridgehead atoms. The monoisotopic (exact) mass is 331 g/mol. The van der Waals surface area contributed by atoms with Crippen LogP contribution in [-0.4, -0.2) is 59.8 Å². The van der Waals surface area contributed by atoms with Gasteiger partial charge in [-0.1, -0.05) is 6.07 Å². The van der Waals surface area contributed by atoms with Gasteiger partial charge in [0, 0.05) is 50.1 Å². The highest BCUT2D eigenvalue weighted by atomic mass is 16.5. The van der Waals surface area contributed by atoms with Crippen molar-refractivity contribution in [3.8, 4) is 5.75 Å². The second-order valence-electron chi connectivity index (χ2n) is 6.21. The van der Waals surface area contributed by atoms with Crippen molar-refractivity contribution in [3.05, 3.63) is 47.8 Å². The van der Waals surface area contributed by atoms with Crippen LogP contribution in [0.15, 0.2) is 36.7 Å². The smallest absolute Gasteiger partial charge is 0.123 e. The summed E-state index contributed by atoms with van der Waals surface area (Å²) in [6.07, 6.45) is 3.73. The van der Waals surface area contributed by atoms with Gasteiger partial charge in [-0.2, -0.15) is 5.10 Å². The lowest BCUT2D eigenvalue weighted by Crippen LogP contribution is -2.31. The maximum atomic E-state index is 9.42. The Morgan fingerprint density at radius 1 is 1.38 bits per heavy atom. The third-order valence-corrected chi connectivity index (χ3v) is 4.32. The quantitative estimate of drug-likeness (QED) is 0.867. The van der Waals surface area contributed by atoms with Gasteiger partial charge in [0.1, 0.15) is 5.75 Å². The maximum absolute atomic E-state index is 9.42. The van der Waals surface area contributed by atoms with Crippen LogP contribution in [0.2, 0.25) is 0 Å². The SMILES string of the molecule is COc1ccc(CN2CCOCC(CO)C2)cc1Cn1cccn1. The molecule has 0 spiro atoms. The molecule has 1 saturated heterocycles. The van der Waals surface area contributed by atoms with E-state index >= 15 is 0 Å². The van der Waals surface area contributed by atoms with Crippen LogP contribution >= 0.6 is 0 Å². The summed E-state index contributed by atoms with van der Waals surface area (Å²) < 4.78 is 12.9. The van der Waals surface area contributed by atoms with Crippen molar-refractivity contribution in [1.82, 2.24) is 14.7 Å². The summed E-state index contributed by atoms with van der Waals surface area (Å²) >= 11 is 0. The lowest BCUT2D eigenvalue weighted by atomic mass is 10.1. The normalized spacial score (nSPS) is 19.2. The van der Waals surface area contributed by atoms with Gasteiger partial charge in [-0.15, -0.1) is 0 Å². The third kappa shape index (κ3) is 4.35. The lowest BCUT2D eigenvalue weighted by Gasteiger charge is -2.23. The highest BCUT2D eigenvalue weighted by Gasteiger charge is 2.18. The molecule has 130 valence electrons. The molecular formula is C18H25N3O3. The van der Waals surface area contributed by atoms with E-state index in [-0.39, 0.29) is 12.5 Å². The number of methoxy groups -OCH3 is 1. The molecule has 0 saturated carbocycles. The Hall–Kier alpha value is -1.89. The van der Waals surface area contributed by atoms with Gasteiger partial charge in [0.25, 0.3) is 0 Å².